The van der Waals surface area contributed by atoms with Crippen LogP contribution in [0.5, 0.6) is 0 Å². The zero-order valence-corrected chi connectivity index (χ0v) is 12.7. The molecule has 1 aliphatic heterocycles. The second-order valence-electron chi connectivity index (χ2n) is 5.53. The summed E-state index contributed by atoms with van der Waals surface area (Å²) < 4.78 is 1.23. The minimum absolute atomic E-state index is 0.245. The van der Waals surface area contributed by atoms with Crippen LogP contribution in [-0.4, -0.2) is 13.1 Å². The molecule has 2 aromatic carbocycles. The molecule has 1 fully saturated rings. The van der Waals surface area contributed by atoms with Crippen LogP contribution in [-0.2, 0) is 11.8 Å². The predicted octanol–water partition coefficient (Wildman–Crippen LogP) is 3.84. The summed E-state index contributed by atoms with van der Waals surface area (Å²) in [6.45, 7) is 4.26. The van der Waals surface area contributed by atoms with Gasteiger partial charge in [0.15, 0.2) is 0 Å². The van der Waals surface area contributed by atoms with Crippen molar-refractivity contribution in [2.75, 3.05) is 13.1 Å². The average molecular weight is 316 g/mol. The lowest BCUT2D eigenvalue weighted by atomic mass is 9.71. The van der Waals surface area contributed by atoms with Crippen molar-refractivity contribution in [2.24, 2.45) is 0 Å². The second-order valence-corrected chi connectivity index (χ2v) is 6.38. The normalized spacial score (nSPS) is 16.9. The van der Waals surface area contributed by atoms with E-state index in [0.29, 0.717) is 0 Å². The first-order valence-electron chi connectivity index (χ1n) is 6.71. The van der Waals surface area contributed by atoms with Crippen molar-refractivity contribution in [1.29, 1.82) is 0 Å². The first kappa shape index (κ1) is 12.9. The summed E-state index contributed by atoms with van der Waals surface area (Å²) in [7, 11) is 0. The highest BCUT2D eigenvalue weighted by Crippen LogP contribution is 2.36. The van der Waals surface area contributed by atoms with Gasteiger partial charge in [-0.1, -0.05) is 64.0 Å². The summed E-state index contributed by atoms with van der Waals surface area (Å²) in [5.41, 5.74) is 4.41. The van der Waals surface area contributed by atoms with Gasteiger partial charge in [-0.2, -0.15) is 0 Å². The Hall–Kier alpha value is -1.12. The Balaban J connectivity index is 1.92. The van der Waals surface area contributed by atoms with Crippen molar-refractivity contribution < 1.29 is 0 Å². The Morgan fingerprint density at radius 2 is 1.74 bits per heavy atom. The van der Waals surface area contributed by atoms with Gasteiger partial charge in [-0.3, -0.25) is 0 Å². The van der Waals surface area contributed by atoms with Crippen LogP contribution in [0.25, 0.3) is 0 Å². The highest BCUT2D eigenvalue weighted by molar-refractivity contribution is 9.10. The van der Waals surface area contributed by atoms with Gasteiger partial charge in [-0.05, 0) is 30.5 Å². The minimum Gasteiger partial charge on any atom is -0.315 e. The summed E-state index contributed by atoms with van der Waals surface area (Å²) in [5, 5.41) is 3.44. The standard InChI is InChI=1S/C17H18BrN/c1-13-6-8-14(9-7-13)10-17(11-19-12-17)15-4-2-3-5-16(15)18/h2-9,19H,10-12H2,1H3. The van der Waals surface area contributed by atoms with E-state index in [9.17, 15) is 0 Å². The Morgan fingerprint density at radius 3 is 2.32 bits per heavy atom. The number of benzene rings is 2. The summed E-state index contributed by atoms with van der Waals surface area (Å²) in [5.74, 6) is 0. The lowest BCUT2D eigenvalue weighted by Gasteiger charge is -2.44. The SMILES string of the molecule is Cc1ccc(CC2(c3ccccc3Br)CNC2)cc1. The molecule has 1 heterocycles. The lowest BCUT2D eigenvalue weighted by Crippen LogP contribution is -2.58. The van der Waals surface area contributed by atoms with Crippen molar-refractivity contribution in [2.45, 2.75) is 18.8 Å². The monoisotopic (exact) mass is 315 g/mol. The van der Waals surface area contributed by atoms with Crippen molar-refractivity contribution in [3.8, 4) is 0 Å². The number of nitrogens with one attached hydrogen (secondary N) is 1. The third-order valence-electron chi connectivity index (χ3n) is 4.04. The van der Waals surface area contributed by atoms with Crippen LogP contribution in [0.4, 0.5) is 0 Å². The molecule has 0 aromatic heterocycles. The van der Waals surface area contributed by atoms with Gasteiger partial charge in [-0.25, -0.2) is 0 Å². The molecule has 0 amide bonds. The second kappa shape index (κ2) is 5.10. The topological polar surface area (TPSA) is 12.0 Å². The third-order valence-corrected chi connectivity index (χ3v) is 4.73. The molecule has 0 bridgehead atoms. The zero-order valence-electron chi connectivity index (χ0n) is 11.1. The number of rotatable bonds is 3. The molecule has 98 valence electrons. The Morgan fingerprint density at radius 1 is 1.05 bits per heavy atom. The van der Waals surface area contributed by atoms with E-state index in [1.807, 2.05) is 0 Å². The summed E-state index contributed by atoms with van der Waals surface area (Å²) in [6.07, 6.45) is 1.10. The molecule has 0 spiro atoms. The maximum absolute atomic E-state index is 3.70. The molecule has 3 rings (SSSR count). The van der Waals surface area contributed by atoms with Crippen LogP contribution in [0.15, 0.2) is 53.0 Å². The van der Waals surface area contributed by atoms with Gasteiger partial charge in [0.1, 0.15) is 0 Å². The fourth-order valence-electron chi connectivity index (χ4n) is 2.83. The largest absolute Gasteiger partial charge is 0.315 e. The summed E-state index contributed by atoms with van der Waals surface area (Å²) in [6, 6.07) is 17.5. The maximum atomic E-state index is 3.70. The Labute approximate surface area is 123 Å². The van der Waals surface area contributed by atoms with Crippen LogP contribution in [0.3, 0.4) is 0 Å². The van der Waals surface area contributed by atoms with E-state index in [0.717, 1.165) is 19.5 Å². The van der Waals surface area contributed by atoms with E-state index < -0.39 is 0 Å². The van der Waals surface area contributed by atoms with Gasteiger partial charge in [0.05, 0.1) is 0 Å². The quantitative estimate of drug-likeness (QED) is 0.907. The van der Waals surface area contributed by atoms with E-state index in [1.54, 1.807) is 0 Å². The van der Waals surface area contributed by atoms with Crippen LogP contribution in [0.2, 0.25) is 0 Å². The molecular weight excluding hydrogens is 298 g/mol. The van der Waals surface area contributed by atoms with E-state index in [2.05, 4.69) is 76.7 Å². The number of aryl methyl sites for hydroxylation is 1. The van der Waals surface area contributed by atoms with Crippen LogP contribution in [0, 0.1) is 6.92 Å². The minimum atomic E-state index is 0.245. The van der Waals surface area contributed by atoms with Gasteiger partial charge in [0, 0.05) is 23.0 Å². The van der Waals surface area contributed by atoms with Crippen molar-refractivity contribution in [1.82, 2.24) is 5.32 Å². The fourth-order valence-corrected chi connectivity index (χ4v) is 3.53. The first-order valence-corrected chi connectivity index (χ1v) is 7.50. The van der Waals surface area contributed by atoms with E-state index in [1.165, 1.54) is 21.2 Å². The first-order chi connectivity index (χ1) is 9.20. The van der Waals surface area contributed by atoms with E-state index in [4.69, 9.17) is 0 Å². The lowest BCUT2D eigenvalue weighted by molar-refractivity contribution is 0.273. The van der Waals surface area contributed by atoms with Gasteiger partial charge in [0.25, 0.3) is 0 Å². The van der Waals surface area contributed by atoms with Gasteiger partial charge >= 0.3 is 0 Å². The molecule has 1 nitrogen and oxygen atoms in total. The van der Waals surface area contributed by atoms with Gasteiger partial charge in [0.2, 0.25) is 0 Å². The zero-order chi connectivity index (χ0) is 13.3. The molecule has 0 unspecified atom stereocenters. The van der Waals surface area contributed by atoms with Gasteiger partial charge < -0.3 is 5.32 Å². The van der Waals surface area contributed by atoms with Crippen molar-refractivity contribution >= 4 is 15.9 Å². The van der Waals surface area contributed by atoms with Crippen LogP contribution >= 0.6 is 15.9 Å². The van der Waals surface area contributed by atoms with Crippen molar-refractivity contribution in [3.05, 3.63) is 69.7 Å². The van der Waals surface area contributed by atoms with Crippen molar-refractivity contribution in [3.63, 3.8) is 0 Å². The molecular formula is C17H18BrN. The molecule has 2 aromatic rings. The van der Waals surface area contributed by atoms with Crippen LogP contribution in [0.1, 0.15) is 16.7 Å². The third kappa shape index (κ3) is 2.47. The summed E-state index contributed by atoms with van der Waals surface area (Å²) in [4.78, 5) is 0. The van der Waals surface area contributed by atoms with Crippen LogP contribution < -0.4 is 5.32 Å². The molecule has 0 atom stereocenters. The van der Waals surface area contributed by atoms with E-state index in [-0.39, 0.29) is 5.41 Å². The highest BCUT2D eigenvalue weighted by Gasteiger charge is 2.39. The molecule has 1 N–H and O–H groups in total. The molecule has 0 saturated carbocycles. The molecule has 0 aliphatic carbocycles. The molecule has 0 radical (unpaired) electrons. The molecule has 1 aliphatic rings. The van der Waals surface area contributed by atoms with Gasteiger partial charge in [-0.15, -0.1) is 0 Å². The summed E-state index contributed by atoms with van der Waals surface area (Å²) >= 11 is 3.70. The van der Waals surface area contributed by atoms with E-state index >= 15 is 0 Å². The number of hydrogen-bond donors (Lipinski definition) is 1. The fraction of sp³-hybridized carbons (Fsp3) is 0.294. The number of hydrogen-bond acceptors (Lipinski definition) is 1. The molecule has 1 saturated heterocycles. The Bertz CT molecular complexity index is 570. The number of halogens is 1. The highest BCUT2D eigenvalue weighted by atomic mass is 79.9. The maximum Gasteiger partial charge on any atom is 0.0254 e. The predicted molar refractivity (Wildman–Crippen MR) is 83.6 cm³/mol. The average Bonchev–Trinajstić information content (AvgIpc) is 2.37. The molecule has 2 heteroatoms. The smallest absolute Gasteiger partial charge is 0.0254 e. The Kier molecular flexibility index (Phi) is 3.46. The molecule has 19 heavy (non-hydrogen) atoms.